The lowest BCUT2D eigenvalue weighted by Crippen LogP contribution is -2.12. The highest BCUT2D eigenvalue weighted by molar-refractivity contribution is 5.16. The smallest absolute Gasteiger partial charge is 0.316 e. The van der Waals surface area contributed by atoms with Gasteiger partial charge in [-0.1, -0.05) is 20.8 Å². The molecule has 1 N–H and O–H groups in total. The van der Waals surface area contributed by atoms with Crippen LogP contribution in [0, 0.1) is 12.3 Å². The monoisotopic (exact) mass is 224 g/mol. The van der Waals surface area contributed by atoms with Gasteiger partial charge in [0.2, 0.25) is 0 Å². The first kappa shape index (κ1) is 12.9. The molecule has 1 rings (SSSR count). The molecule has 0 unspecified atom stereocenters. The minimum atomic E-state index is -0.0336. The standard InChI is InChI=1S/C12H20N2O2/c1-9-10(8-15)7-13-11(14-9)16-6-5-12(2,3)4/h7,15H,5-6,8H2,1-4H3. The Kier molecular flexibility index (Phi) is 4.24. The summed E-state index contributed by atoms with van der Waals surface area (Å²) in [6.45, 7) is 8.91. The van der Waals surface area contributed by atoms with E-state index in [2.05, 4.69) is 30.7 Å². The molecule has 0 spiro atoms. The van der Waals surface area contributed by atoms with Gasteiger partial charge in [-0.05, 0) is 18.8 Å². The number of aryl methyl sites for hydroxylation is 1. The lowest BCUT2D eigenvalue weighted by Gasteiger charge is -2.17. The predicted molar refractivity (Wildman–Crippen MR) is 62.3 cm³/mol. The lowest BCUT2D eigenvalue weighted by atomic mass is 9.93. The van der Waals surface area contributed by atoms with Gasteiger partial charge in [-0.3, -0.25) is 0 Å². The first-order valence-corrected chi connectivity index (χ1v) is 5.48. The van der Waals surface area contributed by atoms with Crippen molar-refractivity contribution in [2.24, 2.45) is 5.41 Å². The molecule has 0 fully saturated rings. The first-order valence-electron chi connectivity index (χ1n) is 5.48. The molecule has 0 aliphatic rings. The van der Waals surface area contributed by atoms with Crippen molar-refractivity contribution >= 4 is 0 Å². The predicted octanol–water partition coefficient (Wildman–Crippen LogP) is 2.09. The fourth-order valence-corrected chi connectivity index (χ4v) is 1.14. The molecule has 0 saturated heterocycles. The maximum absolute atomic E-state index is 8.97. The van der Waals surface area contributed by atoms with Gasteiger partial charge in [0.25, 0.3) is 0 Å². The maximum atomic E-state index is 8.97. The minimum absolute atomic E-state index is 0.0336. The van der Waals surface area contributed by atoms with Crippen molar-refractivity contribution in [1.82, 2.24) is 9.97 Å². The number of hydrogen-bond donors (Lipinski definition) is 1. The average molecular weight is 224 g/mol. The van der Waals surface area contributed by atoms with Crippen molar-refractivity contribution in [3.8, 4) is 6.01 Å². The van der Waals surface area contributed by atoms with Gasteiger partial charge in [-0.15, -0.1) is 0 Å². The molecule has 1 aromatic heterocycles. The highest BCUT2D eigenvalue weighted by Gasteiger charge is 2.10. The molecule has 0 aromatic carbocycles. The summed E-state index contributed by atoms with van der Waals surface area (Å²) in [7, 11) is 0. The van der Waals surface area contributed by atoms with Crippen molar-refractivity contribution in [3.63, 3.8) is 0 Å². The molecule has 4 heteroatoms. The van der Waals surface area contributed by atoms with E-state index in [1.165, 1.54) is 0 Å². The molecule has 1 aromatic rings. The summed E-state index contributed by atoms with van der Waals surface area (Å²) in [4.78, 5) is 8.21. The maximum Gasteiger partial charge on any atom is 0.316 e. The molecule has 0 atom stereocenters. The number of ether oxygens (including phenoxy) is 1. The van der Waals surface area contributed by atoms with Crippen LogP contribution in [-0.2, 0) is 6.61 Å². The molecule has 1 heterocycles. The van der Waals surface area contributed by atoms with Gasteiger partial charge < -0.3 is 9.84 Å². The van der Waals surface area contributed by atoms with Crippen LogP contribution in [0.15, 0.2) is 6.20 Å². The number of aromatic nitrogens is 2. The Morgan fingerprint density at radius 2 is 2.06 bits per heavy atom. The first-order chi connectivity index (χ1) is 7.42. The Balaban J connectivity index is 2.52. The number of aliphatic hydroxyl groups is 1. The van der Waals surface area contributed by atoms with Crippen molar-refractivity contribution < 1.29 is 9.84 Å². The van der Waals surface area contributed by atoms with Crippen LogP contribution in [0.2, 0.25) is 0 Å². The highest BCUT2D eigenvalue weighted by Crippen LogP contribution is 2.18. The largest absolute Gasteiger partial charge is 0.463 e. The Morgan fingerprint density at radius 1 is 1.38 bits per heavy atom. The topological polar surface area (TPSA) is 55.2 Å². The Labute approximate surface area is 96.7 Å². The van der Waals surface area contributed by atoms with E-state index in [0.29, 0.717) is 12.6 Å². The molecular formula is C12H20N2O2. The highest BCUT2D eigenvalue weighted by atomic mass is 16.5. The fourth-order valence-electron chi connectivity index (χ4n) is 1.14. The van der Waals surface area contributed by atoms with Crippen LogP contribution in [-0.4, -0.2) is 21.7 Å². The summed E-state index contributed by atoms with van der Waals surface area (Å²) in [6.07, 6.45) is 2.56. The van der Waals surface area contributed by atoms with Crippen LogP contribution < -0.4 is 4.74 Å². The van der Waals surface area contributed by atoms with Gasteiger partial charge in [0.15, 0.2) is 0 Å². The summed E-state index contributed by atoms with van der Waals surface area (Å²) in [5.41, 5.74) is 1.76. The van der Waals surface area contributed by atoms with E-state index in [4.69, 9.17) is 9.84 Å². The summed E-state index contributed by atoms with van der Waals surface area (Å²) < 4.78 is 5.46. The third-order valence-corrected chi connectivity index (χ3v) is 2.31. The number of nitrogens with zero attached hydrogens (tertiary/aromatic N) is 2. The van der Waals surface area contributed by atoms with Gasteiger partial charge in [0, 0.05) is 11.8 Å². The van der Waals surface area contributed by atoms with Gasteiger partial charge in [0.1, 0.15) is 0 Å². The van der Waals surface area contributed by atoms with E-state index in [0.717, 1.165) is 17.7 Å². The van der Waals surface area contributed by atoms with Gasteiger partial charge in [-0.25, -0.2) is 9.97 Å². The molecule has 16 heavy (non-hydrogen) atoms. The molecule has 0 aliphatic heterocycles. The minimum Gasteiger partial charge on any atom is -0.463 e. The van der Waals surface area contributed by atoms with Crippen molar-refractivity contribution in [2.75, 3.05) is 6.61 Å². The van der Waals surface area contributed by atoms with E-state index in [-0.39, 0.29) is 12.0 Å². The van der Waals surface area contributed by atoms with Crippen LogP contribution >= 0.6 is 0 Å². The third-order valence-electron chi connectivity index (χ3n) is 2.31. The third kappa shape index (κ3) is 4.14. The quantitative estimate of drug-likeness (QED) is 0.850. The normalized spacial score (nSPS) is 11.6. The zero-order valence-corrected chi connectivity index (χ0v) is 10.4. The van der Waals surface area contributed by atoms with Crippen LogP contribution in [0.5, 0.6) is 6.01 Å². The summed E-state index contributed by atoms with van der Waals surface area (Å²) in [5.74, 6) is 0. The zero-order chi connectivity index (χ0) is 12.2. The molecule has 0 aliphatic carbocycles. The van der Waals surface area contributed by atoms with Crippen molar-refractivity contribution in [2.45, 2.75) is 40.7 Å². The Hall–Kier alpha value is -1.16. The lowest BCUT2D eigenvalue weighted by molar-refractivity contribution is 0.227. The molecule has 0 saturated carbocycles. The summed E-state index contributed by atoms with van der Waals surface area (Å²) in [6, 6.07) is 0.388. The van der Waals surface area contributed by atoms with Gasteiger partial charge in [0.05, 0.1) is 18.9 Å². The number of aliphatic hydroxyl groups excluding tert-OH is 1. The zero-order valence-electron chi connectivity index (χ0n) is 10.4. The summed E-state index contributed by atoms with van der Waals surface area (Å²) in [5, 5.41) is 8.97. The van der Waals surface area contributed by atoms with Crippen molar-refractivity contribution in [3.05, 3.63) is 17.5 Å². The second-order valence-electron chi connectivity index (χ2n) is 5.08. The van der Waals surface area contributed by atoms with E-state index in [1.807, 2.05) is 6.92 Å². The van der Waals surface area contributed by atoms with E-state index in [9.17, 15) is 0 Å². The Morgan fingerprint density at radius 3 is 2.56 bits per heavy atom. The second-order valence-corrected chi connectivity index (χ2v) is 5.08. The van der Waals surface area contributed by atoms with E-state index in [1.54, 1.807) is 6.20 Å². The average Bonchev–Trinajstić information content (AvgIpc) is 2.16. The van der Waals surface area contributed by atoms with Gasteiger partial charge in [-0.2, -0.15) is 0 Å². The summed E-state index contributed by atoms with van der Waals surface area (Å²) >= 11 is 0. The molecule has 0 radical (unpaired) electrons. The number of rotatable bonds is 4. The van der Waals surface area contributed by atoms with Crippen LogP contribution in [0.4, 0.5) is 0 Å². The molecular weight excluding hydrogens is 204 g/mol. The molecule has 0 bridgehead atoms. The van der Waals surface area contributed by atoms with Gasteiger partial charge >= 0.3 is 6.01 Å². The number of hydrogen-bond acceptors (Lipinski definition) is 4. The SMILES string of the molecule is Cc1nc(OCCC(C)(C)C)ncc1CO. The van der Waals surface area contributed by atoms with Crippen molar-refractivity contribution in [1.29, 1.82) is 0 Å². The second kappa shape index (κ2) is 5.25. The van der Waals surface area contributed by atoms with Crippen LogP contribution in [0.25, 0.3) is 0 Å². The Bertz CT molecular complexity index is 345. The molecule has 90 valence electrons. The van der Waals surface area contributed by atoms with Crippen LogP contribution in [0.3, 0.4) is 0 Å². The molecule has 4 nitrogen and oxygen atoms in total. The van der Waals surface area contributed by atoms with E-state index < -0.39 is 0 Å². The van der Waals surface area contributed by atoms with Crippen LogP contribution in [0.1, 0.15) is 38.4 Å². The fraction of sp³-hybridized carbons (Fsp3) is 0.667. The van der Waals surface area contributed by atoms with E-state index >= 15 is 0 Å². The molecule has 0 amide bonds.